The average molecular weight is 235 g/mol. The maximum Gasteiger partial charge on any atom is 0.328 e. The Hall–Kier alpha value is -2.17. The van der Waals surface area contributed by atoms with E-state index < -0.39 is 10.9 Å². The van der Waals surface area contributed by atoms with Crippen molar-refractivity contribution in [2.24, 2.45) is 0 Å². The molecule has 1 aromatic carbocycles. The van der Waals surface area contributed by atoms with Crippen molar-refractivity contribution in [3.8, 4) is 0 Å². The summed E-state index contributed by atoms with van der Waals surface area (Å²) in [7, 11) is 0. The van der Waals surface area contributed by atoms with Crippen LogP contribution in [0.25, 0.3) is 5.57 Å². The Morgan fingerprint density at radius 2 is 2.24 bits per heavy atom. The molecular formula is C12H13NO4. The van der Waals surface area contributed by atoms with Crippen LogP contribution in [0.4, 0.5) is 5.69 Å². The first-order chi connectivity index (χ1) is 8.04. The van der Waals surface area contributed by atoms with Gasteiger partial charge < -0.3 is 5.11 Å². The summed E-state index contributed by atoms with van der Waals surface area (Å²) in [5.74, 6) is -1.04. The molecule has 0 spiro atoms. The zero-order valence-corrected chi connectivity index (χ0v) is 9.42. The summed E-state index contributed by atoms with van der Waals surface area (Å²) in [5, 5.41) is 19.4. The molecule has 0 aromatic heterocycles. The zero-order chi connectivity index (χ0) is 12.8. The number of hydrogen-bond donors (Lipinski definition) is 1. The number of benzene rings is 1. The summed E-state index contributed by atoms with van der Waals surface area (Å²) in [4.78, 5) is 20.8. The Labute approximate surface area is 98.5 Å². The SMILES string of the molecule is CCCC(=CC(=O)O)c1cccc([N+](=O)[O-])c1. The van der Waals surface area contributed by atoms with Gasteiger partial charge in [-0.25, -0.2) is 4.79 Å². The Balaban J connectivity index is 3.14. The van der Waals surface area contributed by atoms with Crippen LogP contribution in [0.15, 0.2) is 30.3 Å². The predicted molar refractivity (Wildman–Crippen MR) is 63.6 cm³/mol. The van der Waals surface area contributed by atoms with Crippen molar-refractivity contribution in [3.05, 3.63) is 46.0 Å². The zero-order valence-electron chi connectivity index (χ0n) is 9.42. The quantitative estimate of drug-likeness (QED) is 0.483. The van der Waals surface area contributed by atoms with E-state index in [2.05, 4.69) is 0 Å². The molecule has 0 atom stereocenters. The molecule has 0 aliphatic carbocycles. The van der Waals surface area contributed by atoms with Gasteiger partial charge in [0, 0.05) is 18.2 Å². The molecule has 0 unspecified atom stereocenters. The van der Waals surface area contributed by atoms with Crippen LogP contribution in [0, 0.1) is 10.1 Å². The highest BCUT2D eigenvalue weighted by molar-refractivity contribution is 5.90. The summed E-state index contributed by atoms with van der Waals surface area (Å²) < 4.78 is 0. The van der Waals surface area contributed by atoms with Gasteiger partial charge in [0.25, 0.3) is 5.69 Å². The van der Waals surface area contributed by atoms with Gasteiger partial charge in [-0.1, -0.05) is 25.5 Å². The van der Waals surface area contributed by atoms with Crippen molar-refractivity contribution in [1.82, 2.24) is 0 Å². The summed E-state index contributed by atoms with van der Waals surface area (Å²) >= 11 is 0. The number of carboxylic acid groups (broad SMARTS) is 1. The smallest absolute Gasteiger partial charge is 0.328 e. The minimum atomic E-state index is -1.04. The second-order valence-electron chi connectivity index (χ2n) is 3.57. The maximum absolute atomic E-state index is 10.7. The Kier molecular flexibility index (Phi) is 4.39. The van der Waals surface area contributed by atoms with Gasteiger partial charge in [-0.05, 0) is 17.6 Å². The van der Waals surface area contributed by atoms with Gasteiger partial charge in [0.15, 0.2) is 0 Å². The number of nitro benzene ring substituents is 1. The molecule has 90 valence electrons. The molecule has 0 radical (unpaired) electrons. The van der Waals surface area contributed by atoms with Crippen molar-refractivity contribution >= 4 is 17.2 Å². The van der Waals surface area contributed by atoms with E-state index in [0.717, 1.165) is 12.5 Å². The van der Waals surface area contributed by atoms with E-state index in [0.29, 0.717) is 17.6 Å². The number of carbonyl (C=O) groups is 1. The van der Waals surface area contributed by atoms with Gasteiger partial charge in [-0.3, -0.25) is 10.1 Å². The number of rotatable bonds is 5. The van der Waals surface area contributed by atoms with Crippen molar-refractivity contribution in [1.29, 1.82) is 0 Å². The molecule has 1 rings (SSSR count). The van der Waals surface area contributed by atoms with Crippen LogP contribution in [-0.4, -0.2) is 16.0 Å². The van der Waals surface area contributed by atoms with Gasteiger partial charge >= 0.3 is 5.97 Å². The molecule has 0 amide bonds. The third-order valence-corrected chi connectivity index (χ3v) is 2.24. The highest BCUT2D eigenvalue weighted by Crippen LogP contribution is 2.23. The largest absolute Gasteiger partial charge is 0.478 e. The first-order valence-corrected chi connectivity index (χ1v) is 5.23. The Bertz CT molecular complexity index is 465. The molecule has 0 fully saturated rings. The fourth-order valence-corrected chi connectivity index (χ4v) is 1.54. The minimum Gasteiger partial charge on any atom is -0.478 e. The molecule has 0 bridgehead atoms. The van der Waals surface area contributed by atoms with E-state index in [-0.39, 0.29) is 5.69 Å². The number of aliphatic carboxylic acids is 1. The van der Waals surface area contributed by atoms with Crippen LogP contribution in [0.3, 0.4) is 0 Å². The number of non-ortho nitro benzene ring substituents is 1. The molecule has 0 heterocycles. The third-order valence-electron chi connectivity index (χ3n) is 2.24. The van der Waals surface area contributed by atoms with Crippen LogP contribution in [0.1, 0.15) is 25.3 Å². The van der Waals surface area contributed by atoms with E-state index in [4.69, 9.17) is 5.11 Å². The molecule has 0 saturated carbocycles. The van der Waals surface area contributed by atoms with Gasteiger partial charge in [0.05, 0.1) is 4.92 Å². The Morgan fingerprint density at radius 1 is 1.53 bits per heavy atom. The molecular weight excluding hydrogens is 222 g/mol. The van der Waals surface area contributed by atoms with E-state index in [1.807, 2.05) is 6.92 Å². The lowest BCUT2D eigenvalue weighted by Gasteiger charge is -2.05. The first kappa shape index (κ1) is 12.9. The summed E-state index contributed by atoms with van der Waals surface area (Å²) in [5.41, 5.74) is 1.15. The second-order valence-corrected chi connectivity index (χ2v) is 3.57. The van der Waals surface area contributed by atoms with Crippen LogP contribution in [0.5, 0.6) is 0 Å². The third kappa shape index (κ3) is 3.71. The van der Waals surface area contributed by atoms with Crippen LogP contribution < -0.4 is 0 Å². The minimum absolute atomic E-state index is 0.0325. The summed E-state index contributed by atoms with van der Waals surface area (Å²) in [6, 6.07) is 6.01. The lowest BCUT2D eigenvalue weighted by molar-refractivity contribution is -0.384. The van der Waals surface area contributed by atoms with Crippen molar-refractivity contribution in [2.75, 3.05) is 0 Å². The standard InChI is InChI=1S/C12H13NO4/c1-2-4-9(8-12(14)15)10-5-3-6-11(7-10)13(16)17/h3,5-8H,2,4H2,1H3,(H,14,15). The fraction of sp³-hybridized carbons (Fsp3) is 0.250. The topological polar surface area (TPSA) is 80.4 Å². The highest BCUT2D eigenvalue weighted by atomic mass is 16.6. The number of carboxylic acids is 1. The van der Waals surface area contributed by atoms with Gasteiger partial charge in [-0.2, -0.15) is 0 Å². The van der Waals surface area contributed by atoms with Crippen LogP contribution >= 0.6 is 0 Å². The van der Waals surface area contributed by atoms with Gasteiger partial charge in [0.2, 0.25) is 0 Å². The molecule has 0 saturated heterocycles. The van der Waals surface area contributed by atoms with Crippen molar-refractivity contribution in [2.45, 2.75) is 19.8 Å². The van der Waals surface area contributed by atoms with Crippen molar-refractivity contribution in [3.63, 3.8) is 0 Å². The van der Waals surface area contributed by atoms with E-state index >= 15 is 0 Å². The molecule has 5 heteroatoms. The van der Waals surface area contributed by atoms with E-state index in [9.17, 15) is 14.9 Å². The number of hydrogen-bond acceptors (Lipinski definition) is 3. The second kappa shape index (κ2) is 5.79. The average Bonchev–Trinajstić information content (AvgIpc) is 2.28. The summed E-state index contributed by atoms with van der Waals surface area (Å²) in [6.07, 6.45) is 2.46. The van der Waals surface area contributed by atoms with E-state index in [1.54, 1.807) is 12.1 Å². The number of nitro groups is 1. The highest BCUT2D eigenvalue weighted by Gasteiger charge is 2.09. The monoisotopic (exact) mass is 235 g/mol. The lowest BCUT2D eigenvalue weighted by atomic mass is 10.0. The number of nitrogens with zero attached hydrogens (tertiary/aromatic N) is 1. The first-order valence-electron chi connectivity index (χ1n) is 5.23. The van der Waals surface area contributed by atoms with Gasteiger partial charge in [0.1, 0.15) is 0 Å². The van der Waals surface area contributed by atoms with Crippen LogP contribution in [0.2, 0.25) is 0 Å². The van der Waals surface area contributed by atoms with Gasteiger partial charge in [-0.15, -0.1) is 0 Å². The Morgan fingerprint density at radius 3 is 2.76 bits per heavy atom. The molecule has 0 aliphatic heterocycles. The predicted octanol–water partition coefficient (Wildman–Crippen LogP) is 2.86. The fourth-order valence-electron chi connectivity index (χ4n) is 1.54. The van der Waals surface area contributed by atoms with E-state index in [1.165, 1.54) is 12.1 Å². The normalized spacial score (nSPS) is 11.2. The lowest BCUT2D eigenvalue weighted by Crippen LogP contribution is -1.94. The molecule has 1 N–H and O–H groups in total. The maximum atomic E-state index is 10.7. The molecule has 17 heavy (non-hydrogen) atoms. The summed E-state index contributed by atoms with van der Waals surface area (Å²) in [6.45, 7) is 1.92. The molecule has 5 nitrogen and oxygen atoms in total. The molecule has 0 aliphatic rings. The molecule has 1 aromatic rings. The van der Waals surface area contributed by atoms with Crippen LogP contribution in [-0.2, 0) is 4.79 Å². The number of allylic oxidation sites excluding steroid dienone is 1. The van der Waals surface area contributed by atoms with Crippen molar-refractivity contribution < 1.29 is 14.8 Å².